The molecule has 1 aromatic heterocycles. The first kappa shape index (κ1) is 41.4. The standard InChI is InChI=1S/C63H41BN4OSSi/c1-5-19-43(20-6-1)61-65-62(44-21-7-2-8-22-44)67-63(66-61)45-35-33-42(34-36-45)46-37-38-50-54(39-46)69-55-40-47(41-57-60(55)64(50)51-27-13-16-30-56(51)70-57)68-52-28-14-17-31-58(52)71(48-23-9-3-10-24-48,49-25-11-4-12-26-49)59-32-18-15-29-53(59)68/h1-41H. The van der Waals surface area contributed by atoms with Gasteiger partial charge in [-0.15, -0.1) is 0 Å². The van der Waals surface area contributed by atoms with Crippen molar-refractivity contribution in [3.8, 4) is 56.8 Å². The SMILES string of the molecule is c1ccc(-c2nc(-c3ccccc3)nc(-c3ccc(-c4ccc5c(c4)Oc4cc(N6c7ccccc7[Si](c7ccccc7)(c7ccccc7)c7ccccc76)cc6c4B5c4ccccc4S6)cc3)n2)cc1. The predicted octanol–water partition coefficient (Wildman–Crippen LogP) is 10.8. The Labute approximate surface area is 418 Å². The lowest BCUT2D eigenvalue weighted by Gasteiger charge is -2.45. The molecule has 10 aromatic carbocycles. The van der Waals surface area contributed by atoms with Crippen LogP contribution < -0.4 is 46.8 Å². The third kappa shape index (κ3) is 6.74. The highest BCUT2D eigenvalue weighted by Gasteiger charge is 2.49. The number of fused-ring (bicyclic) bond motifs is 6. The number of anilines is 3. The van der Waals surface area contributed by atoms with Gasteiger partial charge in [-0.05, 0) is 73.1 Å². The molecular weight excluding hydrogens is 900 g/mol. The summed E-state index contributed by atoms with van der Waals surface area (Å²) < 4.78 is 7.23. The molecular formula is C63H41BN4OSSi. The van der Waals surface area contributed by atoms with Gasteiger partial charge in [0.05, 0.1) is 5.69 Å². The Morgan fingerprint density at radius 3 is 1.45 bits per heavy atom. The Hall–Kier alpha value is -8.56. The summed E-state index contributed by atoms with van der Waals surface area (Å²) in [5.41, 5.74) is 12.1. The summed E-state index contributed by atoms with van der Waals surface area (Å²) in [5.74, 6) is 3.66. The fourth-order valence-electron chi connectivity index (χ4n) is 11.2. The summed E-state index contributed by atoms with van der Waals surface area (Å²) in [6.07, 6.45) is 0. The fraction of sp³-hybridized carbons (Fsp3) is 0. The molecule has 0 unspecified atom stereocenters. The predicted molar refractivity (Wildman–Crippen MR) is 295 cm³/mol. The molecule has 8 heteroatoms. The second-order valence-electron chi connectivity index (χ2n) is 18.3. The number of rotatable bonds is 7. The van der Waals surface area contributed by atoms with Gasteiger partial charge in [0.15, 0.2) is 25.5 Å². The molecule has 0 N–H and O–H groups in total. The van der Waals surface area contributed by atoms with Gasteiger partial charge in [0, 0.05) is 43.9 Å². The average Bonchev–Trinajstić information content (AvgIpc) is 3.45. The second-order valence-corrected chi connectivity index (χ2v) is 23.1. The molecule has 0 amide bonds. The number of ether oxygens (including phenoxy) is 1. The minimum Gasteiger partial charge on any atom is -0.458 e. The molecule has 14 rings (SSSR count). The van der Waals surface area contributed by atoms with Gasteiger partial charge in [-0.25, -0.2) is 15.0 Å². The van der Waals surface area contributed by atoms with Crippen LogP contribution in [0.4, 0.5) is 17.1 Å². The van der Waals surface area contributed by atoms with Crippen LogP contribution in [0.25, 0.3) is 45.3 Å². The quantitative estimate of drug-likeness (QED) is 0.148. The summed E-state index contributed by atoms with van der Waals surface area (Å²) in [7, 11) is -2.78. The minimum absolute atomic E-state index is 0.0188. The molecule has 71 heavy (non-hydrogen) atoms. The van der Waals surface area contributed by atoms with Crippen LogP contribution in [-0.2, 0) is 0 Å². The highest BCUT2D eigenvalue weighted by atomic mass is 32.2. The van der Waals surface area contributed by atoms with Gasteiger partial charge >= 0.3 is 0 Å². The van der Waals surface area contributed by atoms with Crippen molar-refractivity contribution in [2.75, 3.05) is 4.90 Å². The zero-order valence-electron chi connectivity index (χ0n) is 38.4. The molecule has 0 saturated carbocycles. The third-order valence-corrected chi connectivity index (χ3v) is 20.3. The molecule has 11 aromatic rings. The zero-order chi connectivity index (χ0) is 46.9. The molecule has 0 fully saturated rings. The number of nitrogens with zero attached hydrogens (tertiary/aromatic N) is 4. The molecule has 0 atom stereocenters. The van der Waals surface area contributed by atoms with Gasteiger partial charge in [-0.3, -0.25) is 0 Å². The Morgan fingerprint density at radius 2 is 0.859 bits per heavy atom. The summed E-state index contributed by atoms with van der Waals surface area (Å²) in [6, 6.07) is 89.6. The van der Waals surface area contributed by atoms with Crippen molar-refractivity contribution >= 4 is 80.7 Å². The van der Waals surface area contributed by atoms with Crippen molar-refractivity contribution in [3.63, 3.8) is 0 Å². The summed E-state index contributed by atoms with van der Waals surface area (Å²) in [6.45, 7) is 0.0188. The van der Waals surface area contributed by atoms with Gasteiger partial charge in [-0.2, -0.15) is 0 Å². The summed E-state index contributed by atoms with van der Waals surface area (Å²) in [5, 5.41) is 5.46. The highest BCUT2D eigenvalue weighted by Crippen LogP contribution is 2.45. The number of hydrogen-bond acceptors (Lipinski definition) is 6. The van der Waals surface area contributed by atoms with Crippen LogP contribution >= 0.6 is 11.8 Å². The van der Waals surface area contributed by atoms with E-state index in [1.54, 1.807) is 0 Å². The largest absolute Gasteiger partial charge is 0.458 e. The van der Waals surface area contributed by atoms with E-state index >= 15 is 0 Å². The van der Waals surface area contributed by atoms with Crippen molar-refractivity contribution in [3.05, 3.63) is 249 Å². The Kier molecular flexibility index (Phi) is 9.83. The van der Waals surface area contributed by atoms with E-state index in [4.69, 9.17) is 19.7 Å². The van der Waals surface area contributed by atoms with Crippen LogP contribution in [0.15, 0.2) is 259 Å². The minimum atomic E-state index is -2.78. The van der Waals surface area contributed by atoms with Crippen LogP contribution in [-0.4, -0.2) is 29.7 Å². The van der Waals surface area contributed by atoms with Gasteiger partial charge < -0.3 is 9.64 Å². The summed E-state index contributed by atoms with van der Waals surface area (Å²) >= 11 is 1.85. The van der Waals surface area contributed by atoms with Crippen LogP contribution in [0.3, 0.4) is 0 Å². The topological polar surface area (TPSA) is 51.1 Å². The first-order chi connectivity index (χ1) is 35.2. The lowest BCUT2D eigenvalue weighted by molar-refractivity contribution is 0.486. The van der Waals surface area contributed by atoms with E-state index in [1.807, 2.05) is 72.4 Å². The maximum atomic E-state index is 7.23. The van der Waals surface area contributed by atoms with Gasteiger partial charge in [0.25, 0.3) is 6.71 Å². The average molecular weight is 941 g/mol. The first-order valence-electron chi connectivity index (χ1n) is 24.0. The number of hydrogen-bond donors (Lipinski definition) is 0. The van der Waals surface area contributed by atoms with Crippen LogP contribution in [0.2, 0.25) is 0 Å². The maximum absolute atomic E-state index is 7.23. The third-order valence-electron chi connectivity index (χ3n) is 14.3. The van der Waals surface area contributed by atoms with E-state index in [0.29, 0.717) is 17.5 Å². The monoisotopic (exact) mass is 940 g/mol. The van der Waals surface area contributed by atoms with Crippen molar-refractivity contribution < 1.29 is 4.74 Å². The van der Waals surface area contributed by atoms with E-state index in [9.17, 15) is 0 Å². The van der Waals surface area contributed by atoms with Gasteiger partial charge in [-0.1, -0.05) is 230 Å². The number of benzene rings is 10. The van der Waals surface area contributed by atoms with E-state index in [2.05, 4.69) is 193 Å². The zero-order valence-corrected chi connectivity index (χ0v) is 40.2. The molecule has 3 aliphatic heterocycles. The smallest absolute Gasteiger partial charge is 0.253 e. The second kappa shape index (κ2) is 16.8. The molecule has 0 aliphatic carbocycles. The molecule has 0 saturated heterocycles. The molecule has 0 spiro atoms. The Morgan fingerprint density at radius 1 is 0.380 bits per heavy atom. The van der Waals surface area contributed by atoms with Crippen molar-refractivity contribution in [2.45, 2.75) is 9.79 Å². The Bertz CT molecular complexity index is 3700. The van der Waals surface area contributed by atoms with Crippen molar-refractivity contribution in [1.29, 1.82) is 0 Å². The van der Waals surface area contributed by atoms with E-state index in [1.165, 1.54) is 58.3 Å². The maximum Gasteiger partial charge on any atom is 0.253 e. The van der Waals surface area contributed by atoms with Crippen molar-refractivity contribution in [2.24, 2.45) is 0 Å². The molecule has 332 valence electrons. The number of aromatic nitrogens is 3. The fourth-order valence-corrected chi connectivity index (χ4v) is 17.5. The van der Waals surface area contributed by atoms with Crippen molar-refractivity contribution in [1.82, 2.24) is 15.0 Å². The van der Waals surface area contributed by atoms with E-state index < -0.39 is 8.07 Å². The molecule has 4 heterocycles. The van der Waals surface area contributed by atoms with E-state index in [0.717, 1.165) is 45.0 Å². The Balaban J connectivity index is 0.880. The normalized spacial score (nSPS) is 13.5. The van der Waals surface area contributed by atoms with Crippen LogP contribution in [0.1, 0.15) is 0 Å². The molecule has 0 radical (unpaired) electrons. The molecule has 3 aliphatic rings. The molecule has 5 nitrogen and oxygen atoms in total. The first-order valence-corrected chi connectivity index (χ1v) is 26.9. The number of para-hydroxylation sites is 2. The molecule has 0 bridgehead atoms. The van der Waals surface area contributed by atoms with Crippen LogP contribution in [0.5, 0.6) is 11.5 Å². The van der Waals surface area contributed by atoms with Gasteiger partial charge in [0.2, 0.25) is 0 Å². The lowest BCUT2D eigenvalue weighted by Crippen LogP contribution is -2.77. The lowest BCUT2D eigenvalue weighted by atomic mass is 9.35. The van der Waals surface area contributed by atoms with E-state index in [-0.39, 0.29) is 6.71 Å². The van der Waals surface area contributed by atoms with Crippen LogP contribution in [0, 0.1) is 0 Å². The summed E-state index contributed by atoms with van der Waals surface area (Å²) in [4.78, 5) is 19.8. The van der Waals surface area contributed by atoms with Gasteiger partial charge in [0.1, 0.15) is 11.5 Å². The highest BCUT2D eigenvalue weighted by molar-refractivity contribution is 8.00.